The Morgan fingerprint density at radius 3 is 2.56 bits per heavy atom. The van der Waals surface area contributed by atoms with Crippen LogP contribution in [0.4, 0.5) is 0 Å². The first kappa shape index (κ1) is 13.5. The van der Waals surface area contributed by atoms with E-state index in [0.717, 1.165) is 5.56 Å². The zero-order chi connectivity index (χ0) is 13.0. The maximum Gasteiger partial charge on any atom is 0.115 e. The van der Waals surface area contributed by atoms with Gasteiger partial charge in [-0.3, -0.25) is 0 Å². The van der Waals surface area contributed by atoms with Crippen molar-refractivity contribution in [1.29, 1.82) is 0 Å². The Bertz CT molecular complexity index is 352. The number of hydrogen-bond acceptors (Lipinski definition) is 4. The van der Waals surface area contributed by atoms with Gasteiger partial charge >= 0.3 is 0 Å². The number of ether oxygens (including phenoxy) is 2. The van der Waals surface area contributed by atoms with Crippen LogP contribution in [0.15, 0.2) is 30.3 Å². The van der Waals surface area contributed by atoms with Crippen molar-refractivity contribution in [1.82, 2.24) is 0 Å². The highest BCUT2D eigenvalue weighted by molar-refractivity contribution is 5.13. The number of aliphatic hydroxyl groups is 2. The summed E-state index contributed by atoms with van der Waals surface area (Å²) >= 11 is 0. The molecule has 1 aromatic carbocycles. The molecule has 100 valence electrons. The van der Waals surface area contributed by atoms with Crippen molar-refractivity contribution in [3.05, 3.63) is 35.9 Å². The lowest BCUT2D eigenvalue weighted by atomic mass is 10.1. The van der Waals surface area contributed by atoms with E-state index in [1.165, 1.54) is 0 Å². The molecule has 2 N–H and O–H groups in total. The van der Waals surface area contributed by atoms with Crippen molar-refractivity contribution in [2.45, 2.75) is 44.4 Å². The van der Waals surface area contributed by atoms with E-state index in [1.807, 2.05) is 37.3 Å². The molecule has 0 aliphatic carbocycles. The van der Waals surface area contributed by atoms with Gasteiger partial charge in [-0.15, -0.1) is 0 Å². The molecule has 4 heteroatoms. The van der Waals surface area contributed by atoms with Gasteiger partial charge in [0, 0.05) is 0 Å². The third-order valence-corrected chi connectivity index (χ3v) is 3.30. The largest absolute Gasteiger partial charge is 0.394 e. The summed E-state index contributed by atoms with van der Waals surface area (Å²) in [6.45, 7) is 2.23. The SMILES string of the molecule is CC[C@@H]1O[C@H](CO)[C@@H](OCc2ccccc2)[C@@H]1O. The highest BCUT2D eigenvalue weighted by atomic mass is 16.6. The lowest BCUT2D eigenvalue weighted by Crippen LogP contribution is -2.36. The first-order valence-electron chi connectivity index (χ1n) is 6.36. The fraction of sp³-hybridized carbons (Fsp3) is 0.571. The van der Waals surface area contributed by atoms with Crippen molar-refractivity contribution in [2.75, 3.05) is 6.61 Å². The van der Waals surface area contributed by atoms with E-state index in [4.69, 9.17) is 9.47 Å². The summed E-state index contributed by atoms with van der Waals surface area (Å²) in [4.78, 5) is 0. The fourth-order valence-corrected chi connectivity index (χ4v) is 2.27. The molecule has 1 aromatic rings. The summed E-state index contributed by atoms with van der Waals surface area (Å²) < 4.78 is 11.2. The molecule has 1 aliphatic heterocycles. The Morgan fingerprint density at radius 2 is 1.94 bits per heavy atom. The van der Waals surface area contributed by atoms with Crippen LogP contribution in [0.2, 0.25) is 0 Å². The Morgan fingerprint density at radius 1 is 1.22 bits per heavy atom. The fourth-order valence-electron chi connectivity index (χ4n) is 2.27. The van der Waals surface area contributed by atoms with Gasteiger partial charge in [0.25, 0.3) is 0 Å². The molecule has 0 unspecified atom stereocenters. The average molecular weight is 252 g/mol. The maximum atomic E-state index is 10.1. The Kier molecular flexibility index (Phi) is 4.72. The third kappa shape index (κ3) is 2.90. The van der Waals surface area contributed by atoms with E-state index < -0.39 is 18.3 Å². The molecule has 0 amide bonds. The van der Waals surface area contributed by atoms with E-state index in [0.29, 0.717) is 13.0 Å². The normalized spacial score (nSPS) is 31.7. The Labute approximate surface area is 107 Å². The Balaban J connectivity index is 1.95. The molecule has 1 heterocycles. The second-order valence-electron chi connectivity index (χ2n) is 4.56. The summed E-state index contributed by atoms with van der Waals surface area (Å²) in [6.07, 6.45) is -1.10. The molecule has 0 aromatic heterocycles. The lowest BCUT2D eigenvalue weighted by molar-refractivity contribution is -0.0615. The number of benzene rings is 1. The van der Waals surface area contributed by atoms with E-state index in [2.05, 4.69) is 0 Å². The molecule has 0 spiro atoms. The second kappa shape index (κ2) is 6.29. The van der Waals surface area contributed by atoms with Crippen LogP contribution in [0.3, 0.4) is 0 Å². The second-order valence-corrected chi connectivity index (χ2v) is 4.56. The van der Waals surface area contributed by atoms with Crippen LogP contribution in [0.1, 0.15) is 18.9 Å². The molecule has 4 nitrogen and oxygen atoms in total. The minimum atomic E-state index is -0.670. The third-order valence-electron chi connectivity index (χ3n) is 3.30. The number of rotatable bonds is 5. The van der Waals surface area contributed by atoms with Gasteiger partial charge < -0.3 is 19.7 Å². The molecule has 1 saturated heterocycles. The van der Waals surface area contributed by atoms with E-state index in [-0.39, 0.29) is 12.7 Å². The molecular weight excluding hydrogens is 232 g/mol. The van der Waals surface area contributed by atoms with E-state index >= 15 is 0 Å². The summed E-state index contributed by atoms with van der Waals surface area (Å²) in [5.41, 5.74) is 1.04. The van der Waals surface area contributed by atoms with Gasteiger partial charge in [0.1, 0.15) is 18.3 Å². The summed E-state index contributed by atoms with van der Waals surface area (Å²) in [6, 6.07) is 9.76. The van der Waals surface area contributed by atoms with Crippen LogP contribution in [0.25, 0.3) is 0 Å². The molecule has 1 aliphatic rings. The topological polar surface area (TPSA) is 58.9 Å². The molecule has 18 heavy (non-hydrogen) atoms. The molecule has 1 fully saturated rings. The van der Waals surface area contributed by atoms with Gasteiger partial charge in [-0.25, -0.2) is 0 Å². The summed E-state index contributed by atoms with van der Waals surface area (Å²) in [7, 11) is 0. The van der Waals surface area contributed by atoms with Gasteiger partial charge in [0.2, 0.25) is 0 Å². The van der Waals surface area contributed by atoms with Crippen LogP contribution >= 0.6 is 0 Å². The van der Waals surface area contributed by atoms with Gasteiger partial charge in [-0.05, 0) is 12.0 Å². The quantitative estimate of drug-likeness (QED) is 0.824. The van der Waals surface area contributed by atoms with Crippen molar-refractivity contribution in [2.24, 2.45) is 0 Å². The predicted octanol–water partition coefficient (Wildman–Crippen LogP) is 1.10. The lowest BCUT2D eigenvalue weighted by Gasteiger charge is -2.19. The van der Waals surface area contributed by atoms with Crippen molar-refractivity contribution < 1.29 is 19.7 Å². The smallest absolute Gasteiger partial charge is 0.115 e. The Hall–Kier alpha value is -0.940. The van der Waals surface area contributed by atoms with E-state index in [9.17, 15) is 10.2 Å². The number of hydrogen-bond donors (Lipinski definition) is 2. The van der Waals surface area contributed by atoms with Crippen molar-refractivity contribution in [3.63, 3.8) is 0 Å². The highest BCUT2D eigenvalue weighted by Gasteiger charge is 2.43. The van der Waals surface area contributed by atoms with Crippen LogP contribution in [0, 0.1) is 0 Å². The molecular formula is C14H20O4. The molecule has 0 radical (unpaired) electrons. The standard InChI is InChI=1S/C14H20O4/c1-2-11-13(16)14(12(8-15)18-11)17-9-10-6-4-3-5-7-10/h3-7,11-16H,2,8-9H2,1H3/t11-,12+,13+,14+/m0/s1. The summed E-state index contributed by atoms with van der Waals surface area (Å²) in [5, 5.41) is 19.3. The average Bonchev–Trinajstić information content (AvgIpc) is 2.73. The van der Waals surface area contributed by atoms with E-state index in [1.54, 1.807) is 0 Å². The summed E-state index contributed by atoms with van der Waals surface area (Å²) in [5.74, 6) is 0. The molecule has 0 saturated carbocycles. The molecule has 0 bridgehead atoms. The minimum Gasteiger partial charge on any atom is -0.394 e. The van der Waals surface area contributed by atoms with Crippen molar-refractivity contribution >= 4 is 0 Å². The maximum absolute atomic E-state index is 10.1. The van der Waals surface area contributed by atoms with Crippen LogP contribution in [-0.2, 0) is 16.1 Å². The zero-order valence-electron chi connectivity index (χ0n) is 10.5. The highest BCUT2D eigenvalue weighted by Crippen LogP contribution is 2.26. The van der Waals surface area contributed by atoms with Gasteiger partial charge in [0.15, 0.2) is 0 Å². The monoisotopic (exact) mass is 252 g/mol. The first-order chi connectivity index (χ1) is 8.76. The van der Waals surface area contributed by atoms with Gasteiger partial charge in [-0.2, -0.15) is 0 Å². The first-order valence-corrected chi connectivity index (χ1v) is 6.36. The van der Waals surface area contributed by atoms with Crippen LogP contribution < -0.4 is 0 Å². The molecule has 2 rings (SSSR count). The van der Waals surface area contributed by atoms with Crippen LogP contribution in [-0.4, -0.2) is 41.2 Å². The number of aliphatic hydroxyl groups excluding tert-OH is 2. The van der Waals surface area contributed by atoms with Crippen LogP contribution in [0.5, 0.6) is 0 Å². The zero-order valence-corrected chi connectivity index (χ0v) is 10.5. The van der Waals surface area contributed by atoms with Crippen molar-refractivity contribution in [3.8, 4) is 0 Å². The van der Waals surface area contributed by atoms with Gasteiger partial charge in [0.05, 0.1) is 19.3 Å². The van der Waals surface area contributed by atoms with Gasteiger partial charge in [-0.1, -0.05) is 37.3 Å². The predicted molar refractivity (Wildman–Crippen MR) is 67.1 cm³/mol. The minimum absolute atomic E-state index is 0.132. The molecule has 4 atom stereocenters.